The summed E-state index contributed by atoms with van der Waals surface area (Å²) in [7, 11) is 1.58. The third-order valence-electron chi connectivity index (χ3n) is 6.30. The van der Waals surface area contributed by atoms with Gasteiger partial charge in [-0.1, -0.05) is 56.3 Å². The van der Waals surface area contributed by atoms with Gasteiger partial charge in [0.1, 0.15) is 11.4 Å². The fourth-order valence-electron chi connectivity index (χ4n) is 3.94. The van der Waals surface area contributed by atoms with E-state index >= 15 is 0 Å². The number of anilines is 2. The number of benzene rings is 4. The monoisotopic (exact) mass is 579 g/mol. The lowest BCUT2D eigenvalue weighted by Crippen LogP contribution is -2.30. The number of hydrogen-bond acceptors (Lipinski definition) is 5. The molecule has 0 saturated heterocycles. The van der Waals surface area contributed by atoms with Crippen LogP contribution in [0.4, 0.5) is 11.4 Å². The van der Waals surface area contributed by atoms with Crippen LogP contribution >= 0.6 is 11.8 Å². The van der Waals surface area contributed by atoms with Gasteiger partial charge in [0.2, 0.25) is 5.91 Å². The molecule has 4 aromatic carbocycles. The molecule has 0 unspecified atom stereocenters. The van der Waals surface area contributed by atoms with E-state index in [9.17, 15) is 14.4 Å². The molecule has 0 atom stereocenters. The molecule has 0 aliphatic carbocycles. The topological polar surface area (TPSA) is 96.5 Å². The van der Waals surface area contributed by atoms with Crippen LogP contribution in [0.25, 0.3) is 6.08 Å². The summed E-state index contributed by atoms with van der Waals surface area (Å²) in [6, 6.07) is 30.9. The van der Waals surface area contributed by atoms with Crippen molar-refractivity contribution < 1.29 is 19.1 Å². The zero-order valence-electron chi connectivity index (χ0n) is 23.7. The second kappa shape index (κ2) is 14.7. The molecule has 0 saturated carbocycles. The largest absolute Gasteiger partial charge is 0.497 e. The van der Waals surface area contributed by atoms with Gasteiger partial charge in [-0.3, -0.25) is 14.4 Å². The second-order valence-corrected chi connectivity index (χ2v) is 10.8. The molecule has 4 aromatic rings. The summed E-state index contributed by atoms with van der Waals surface area (Å²) in [5, 5.41) is 8.49. The summed E-state index contributed by atoms with van der Waals surface area (Å²) >= 11 is 1.40. The third-order valence-corrected chi connectivity index (χ3v) is 7.31. The molecule has 0 bridgehead atoms. The molecule has 0 aromatic heterocycles. The van der Waals surface area contributed by atoms with Gasteiger partial charge in [-0.25, -0.2) is 0 Å². The number of ether oxygens (including phenoxy) is 1. The van der Waals surface area contributed by atoms with E-state index < -0.39 is 11.8 Å². The summed E-state index contributed by atoms with van der Waals surface area (Å²) in [5.41, 5.74) is 3.77. The first kappa shape index (κ1) is 30.1. The fraction of sp³-hybridized carbons (Fsp3) is 0.147. The first-order chi connectivity index (χ1) is 20.3. The highest BCUT2D eigenvalue weighted by Gasteiger charge is 2.15. The SMILES string of the molecule is COc1ccc(/C=C(\NC(=O)c2ccccc2)C(=O)Nc2ccc(SCC(=O)Nc3ccc(C(C)C)cc3)cc2)cc1. The van der Waals surface area contributed by atoms with E-state index in [2.05, 4.69) is 29.8 Å². The Morgan fingerprint density at radius 3 is 2.02 bits per heavy atom. The van der Waals surface area contributed by atoms with Gasteiger partial charge in [0.15, 0.2) is 0 Å². The van der Waals surface area contributed by atoms with Crippen molar-refractivity contribution in [3.05, 3.63) is 126 Å². The number of carbonyl (C=O) groups excluding carboxylic acids is 3. The van der Waals surface area contributed by atoms with E-state index in [0.29, 0.717) is 22.9 Å². The molecule has 42 heavy (non-hydrogen) atoms. The van der Waals surface area contributed by atoms with Crippen LogP contribution in [0.15, 0.2) is 114 Å². The molecule has 0 aliphatic rings. The van der Waals surface area contributed by atoms with Gasteiger partial charge in [-0.15, -0.1) is 11.8 Å². The number of carbonyl (C=O) groups is 3. The van der Waals surface area contributed by atoms with Gasteiger partial charge in [0, 0.05) is 21.8 Å². The van der Waals surface area contributed by atoms with Crippen LogP contribution in [0.5, 0.6) is 5.75 Å². The molecule has 0 radical (unpaired) electrons. The van der Waals surface area contributed by atoms with Crippen LogP contribution in [-0.2, 0) is 9.59 Å². The average molecular weight is 580 g/mol. The van der Waals surface area contributed by atoms with Crippen LogP contribution in [0, 0.1) is 0 Å². The van der Waals surface area contributed by atoms with Crippen molar-refractivity contribution in [1.29, 1.82) is 0 Å². The quantitative estimate of drug-likeness (QED) is 0.132. The van der Waals surface area contributed by atoms with Crippen LogP contribution in [0.2, 0.25) is 0 Å². The number of thioether (sulfide) groups is 1. The normalized spacial score (nSPS) is 11.1. The third kappa shape index (κ3) is 8.84. The molecule has 8 heteroatoms. The highest BCUT2D eigenvalue weighted by Crippen LogP contribution is 2.22. The maximum Gasteiger partial charge on any atom is 0.272 e. The van der Waals surface area contributed by atoms with Crippen molar-refractivity contribution in [2.75, 3.05) is 23.5 Å². The molecule has 0 spiro atoms. The smallest absolute Gasteiger partial charge is 0.272 e. The van der Waals surface area contributed by atoms with Crippen molar-refractivity contribution in [2.24, 2.45) is 0 Å². The lowest BCUT2D eigenvalue weighted by Gasteiger charge is -2.12. The lowest BCUT2D eigenvalue weighted by atomic mass is 10.0. The van der Waals surface area contributed by atoms with E-state index in [1.165, 1.54) is 17.3 Å². The molecule has 0 aliphatic heterocycles. The summed E-state index contributed by atoms with van der Waals surface area (Å²) in [6.07, 6.45) is 1.61. The predicted octanol–water partition coefficient (Wildman–Crippen LogP) is 6.96. The Morgan fingerprint density at radius 2 is 1.40 bits per heavy atom. The van der Waals surface area contributed by atoms with Crippen LogP contribution in [-0.4, -0.2) is 30.6 Å². The van der Waals surface area contributed by atoms with Crippen LogP contribution in [0.3, 0.4) is 0 Å². The van der Waals surface area contributed by atoms with Gasteiger partial charge in [-0.05, 0) is 83.8 Å². The van der Waals surface area contributed by atoms with Crippen molar-refractivity contribution in [1.82, 2.24) is 5.32 Å². The lowest BCUT2D eigenvalue weighted by molar-refractivity contribution is -0.114. The molecular formula is C34H33N3O4S. The van der Waals surface area contributed by atoms with Crippen molar-refractivity contribution in [3.8, 4) is 5.75 Å². The number of hydrogen-bond donors (Lipinski definition) is 3. The summed E-state index contributed by atoms with van der Waals surface area (Å²) in [4.78, 5) is 39.4. The Morgan fingerprint density at radius 1 is 0.786 bits per heavy atom. The highest BCUT2D eigenvalue weighted by atomic mass is 32.2. The van der Waals surface area contributed by atoms with Crippen molar-refractivity contribution in [3.63, 3.8) is 0 Å². The van der Waals surface area contributed by atoms with Gasteiger partial charge in [0.05, 0.1) is 12.9 Å². The molecule has 3 amide bonds. The van der Waals surface area contributed by atoms with E-state index in [1.54, 1.807) is 73.8 Å². The number of nitrogens with one attached hydrogen (secondary N) is 3. The first-order valence-corrected chi connectivity index (χ1v) is 14.5. The molecule has 4 rings (SSSR count). The first-order valence-electron chi connectivity index (χ1n) is 13.5. The Hall–Kier alpha value is -4.82. The Balaban J connectivity index is 1.38. The van der Waals surface area contributed by atoms with E-state index in [4.69, 9.17) is 4.74 Å². The second-order valence-electron chi connectivity index (χ2n) is 9.74. The number of rotatable bonds is 11. The van der Waals surface area contributed by atoms with Crippen molar-refractivity contribution in [2.45, 2.75) is 24.7 Å². The number of methoxy groups -OCH3 is 1. The number of amides is 3. The Bertz CT molecular complexity index is 1530. The summed E-state index contributed by atoms with van der Waals surface area (Å²) < 4.78 is 5.21. The van der Waals surface area contributed by atoms with Gasteiger partial charge in [-0.2, -0.15) is 0 Å². The van der Waals surface area contributed by atoms with Crippen LogP contribution in [0.1, 0.15) is 41.3 Å². The standard InChI is InChI=1S/C34H33N3O4S/c1-23(2)25-11-13-27(14-12-25)35-32(38)22-42-30-19-15-28(16-20-30)36-34(40)31(21-24-9-17-29(41-3)18-10-24)37-33(39)26-7-5-4-6-8-26/h4-21,23H,22H2,1-3H3,(H,35,38)(H,36,40)(H,37,39)/b31-21-. The zero-order valence-corrected chi connectivity index (χ0v) is 24.5. The predicted molar refractivity (Wildman–Crippen MR) is 170 cm³/mol. The maximum atomic E-state index is 13.3. The average Bonchev–Trinajstić information content (AvgIpc) is 3.01. The molecular weight excluding hydrogens is 546 g/mol. The molecule has 0 fully saturated rings. The minimum Gasteiger partial charge on any atom is -0.497 e. The van der Waals surface area contributed by atoms with Gasteiger partial charge < -0.3 is 20.7 Å². The molecule has 0 heterocycles. The van der Waals surface area contributed by atoms with E-state index in [0.717, 1.165) is 16.1 Å². The van der Waals surface area contributed by atoms with Crippen molar-refractivity contribution >= 4 is 46.9 Å². The highest BCUT2D eigenvalue weighted by molar-refractivity contribution is 8.00. The Kier molecular flexibility index (Phi) is 10.6. The van der Waals surface area contributed by atoms with Gasteiger partial charge in [0.25, 0.3) is 11.8 Å². The minimum absolute atomic E-state index is 0.0885. The molecule has 7 nitrogen and oxygen atoms in total. The fourth-order valence-corrected chi connectivity index (χ4v) is 4.64. The summed E-state index contributed by atoms with van der Waals surface area (Å²) in [5.74, 6) is 0.393. The summed E-state index contributed by atoms with van der Waals surface area (Å²) in [6.45, 7) is 4.26. The van der Waals surface area contributed by atoms with E-state index in [-0.39, 0.29) is 17.4 Å². The molecule has 3 N–H and O–H groups in total. The van der Waals surface area contributed by atoms with Gasteiger partial charge >= 0.3 is 0 Å². The molecule has 214 valence electrons. The van der Waals surface area contributed by atoms with Crippen LogP contribution < -0.4 is 20.7 Å². The maximum absolute atomic E-state index is 13.3. The zero-order chi connectivity index (χ0) is 29.9. The van der Waals surface area contributed by atoms with E-state index in [1.807, 2.05) is 42.5 Å². The minimum atomic E-state index is -0.474. The Labute approximate surface area is 250 Å².